The van der Waals surface area contributed by atoms with Gasteiger partial charge in [-0.25, -0.2) is 4.39 Å². The molecule has 0 saturated carbocycles. The van der Waals surface area contributed by atoms with Crippen molar-refractivity contribution in [2.45, 2.75) is 25.8 Å². The van der Waals surface area contributed by atoms with Crippen LogP contribution < -0.4 is 5.32 Å². The Morgan fingerprint density at radius 2 is 2.35 bits per heavy atom. The number of benzene rings is 1. The lowest BCUT2D eigenvalue weighted by atomic mass is 10.1. The maximum atomic E-state index is 12.8. The highest BCUT2D eigenvalue weighted by Crippen LogP contribution is 2.17. The van der Waals surface area contributed by atoms with E-state index in [1.54, 1.807) is 0 Å². The highest BCUT2D eigenvalue weighted by atomic mass is 35.5. The molecule has 17 heavy (non-hydrogen) atoms. The minimum atomic E-state index is -0.470. The Morgan fingerprint density at radius 3 is 2.88 bits per heavy atom. The number of hydrogen-bond donors (Lipinski definition) is 1. The minimum absolute atomic E-state index is 0.0892. The lowest BCUT2D eigenvalue weighted by Crippen LogP contribution is -2.34. The van der Waals surface area contributed by atoms with E-state index in [2.05, 4.69) is 11.2 Å². The fourth-order valence-corrected chi connectivity index (χ4v) is 1.63. The molecule has 0 fully saturated rings. The molecule has 1 atom stereocenters. The van der Waals surface area contributed by atoms with Crippen molar-refractivity contribution >= 4 is 17.5 Å². The van der Waals surface area contributed by atoms with E-state index in [-0.39, 0.29) is 22.5 Å². The molecular weight excluding hydrogens is 241 g/mol. The molecule has 0 aromatic heterocycles. The molecule has 1 rings (SSSR count). The van der Waals surface area contributed by atoms with Gasteiger partial charge in [-0.2, -0.15) is 0 Å². The van der Waals surface area contributed by atoms with Gasteiger partial charge in [0.1, 0.15) is 5.82 Å². The average molecular weight is 254 g/mol. The van der Waals surface area contributed by atoms with Gasteiger partial charge in [0.25, 0.3) is 5.91 Å². The Balaban J connectivity index is 2.79. The molecule has 1 aromatic carbocycles. The fraction of sp³-hybridized carbons (Fsp3) is 0.308. The van der Waals surface area contributed by atoms with Crippen LogP contribution in [0.1, 0.15) is 30.1 Å². The monoisotopic (exact) mass is 253 g/mol. The minimum Gasteiger partial charge on any atom is -0.348 e. The third-order valence-electron chi connectivity index (χ3n) is 2.37. The first-order valence-corrected chi connectivity index (χ1v) is 5.65. The number of terminal acetylenes is 1. The molecule has 0 bridgehead atoms. The molecule has 1 unspecified atom stereocenters. The number of carbonyl (C=O) groups is 1. The van der Waals surface area contributed by atoms with E-state index in [0.29, 0.717) is 6.42 Å². The van der Waals surface area contributed by atoms with Crippen LogP contribution in [0.4, 0.5) is 4.39 Å². The van der Waals surface area contributed by atoms with Crippen molar-refractivity contribution in [2.75, 3.05) is 0 Å². The zero-order valence-electron chi connectivity index (χ0n) is 9.47. The number of hydrogen-bond acceptors (Lipinski definition) is 1. The first kappa shape index (κ1) is 13.5. The van der Waals surface area contributed by atoms with Crippen molar-refractivity contribution in [3.05, 3.63) is 34.6 Å². The van der Waals surface area contributed by atoms with Gasteiger partial charge in [0.2, 0.25) is 0 Å². The van der Waals surface area contributed by atoms with Crippen LogP contribution in [0.5, 0.6) is 0 Å². The molecule has 0 aliphatic carbocycles. The molecule has 2 nitrogen and oxygen atoms in total. The quantitative estimate of drug-likeness (QED) is 0.821. The third kappa shape index (κ3) is 3.76. The SMILES string of the molecule is C#CCC(CC)NC(=O)c1ccc(F)cc1Cl. The standard InChI is InChI=1S/C13H13ClFNO/c1-3-5-10(4-2)16-13(17)11-7-6-9(15)8-12(11)14/h1,6-8,10H,4-5H2,2H3,(H,16,17). The Bertz CT molecular complexity index is 453. The predicted molar refractivity (Wildman–Crippen MR) is 66.4 cm³/mol. The number of halogens is 2. The normalized spacial score (nSPS) is 11.6. The molecule has 0 saturated heterocycles. The smallest absolute Gasteiger partial charge is 0.253 e. The summed E-state index contributed by atoms with van der Waals surface area (Å²) < 4.78 is 12.8. The summed E-state index contributed by atoms with van der Waals surface area (Å²) in [5.41, 5.74) is 0.253. The summed E-state index contributed by atoms with van der Waals surface area (Å²) in [6.45, 7) is 1.93. The largest absolute Gasteiger partial charge is 0.348 e. The van der Waals surface area contributed by atoms with Gasteiger partial charge in [-0.1, -0.05) is 18.5 Å². The number of rotatable bonds is 4. The lowest BCUT2D eigenvalue weighted by Gasteiger charge is -2.14. The van der Waals surface area contributed by atoms with E-state index in [4.69, 9.17) is 18.0 Å². The van der Waals surface area contributed by atoms with E-state index in [1.165, 1.54) is 12.1 Å². The second kappa shape index (κ2) is 6.27. The molecule has 1 N–H and O–H groups in total. The zero-order valence-corrected chi connectivity index (χ0v) is 10.2. The fourth-order valence-electron chi connectivity index (χ4n) is 1.38. The summed E-state index contributed by atoms with van der Waals surface area (Å²) in [6, 6.07) is 3.57. The van der Waals surface area contributed by atoms with Crippen LogP contribution in [0, 0.1) is 18.2 Å². The Kier molecular flexibility index (Phi) is 4.99. The van der Waals surface area contributed by atoms with E-state index < -0.39 is 5.82 Å². The second-order valence-corrected chi connectivity index (χ2v) is 4.02. The highest BCUT2D eigenvalue weighted by molar-refractivity contribution is 6.33. The zero-order chi connectivity index (χ0) is 12.8. The van der Waals surface area contributed by atoms with Crippen LogP contribution in [0.3, 0.4) is 0 Å². The van der Waals surface area contributed by atoms with E-state index in [1.807, 2.05) is 6.92 Å². The molecule has 90 valence electrons. The van der Waals surface area contributed by atoms with Crippen LogP contribution in [-0.2, 0) is 0 Å². The van der Waals surface area contributed by atoms with Crippen LogP contribution in [0.2, 0.25) is 5.02 Å². The molecule has 0 aliphatic rings. The third-order valence-corrected chi connectivity index (χ3v) is 2.68. The maximum Gasteiger partial charge on any atom is 0.253 e. The second-order valence-electron chi connectivity index (χ2n) is 3.61. The van der Waals surface area contributed by atoms with Crippen molar-refractivity contribution in [3.63, 3.8) is 0 Å². The summed E-state index contributed by atoms with van der Waals surface area (Å²) in [5.74, 6) is 1.69. The number of carbonyl (C=O) groups excluding carboxylic acids is 1. The van der Waals surface area contributed by atoms with Gasteiger partial charge in [0, 0.05) is 12.5 Å². The molecule has 4 heteroatoms. The van der Waals surface area contributed by atoms with E-state index in [9.17, 15) is 9.18 Å². The predicted octanol–water partition coefficient (Wildman–Crippen LogP) is 3.01. The summed E-state index contributed by atoms with van der Waals surface area (Å²) in [5, 5.41) is 2.85. The van der Waals surface area contributed by atoms with Crippen LogP contribution in [-0.4, -0.2) is 11.9 Å². The van der Waals surface area contributed by atoms with Crippen LogP contribution >= 0.6 is 11.6 Å². The molecule has 0 spiro atoms. The van der Waals surface area contributed by atoms with Crippen molar-refractivity contribution in [3.8, 4) is 12.3 Å². The number of amides is 1. The summed E-state index contributed by atoms with van der Waals surface area (Å²) in [6.07, 6.45) is 6.38. The molecule has 0 radical (unpaired) electrons. The van der Waals surface area contributed by atoms with Gasteiger partial charge in [0.05, 0.1) is 10.6 Å². The first-order chi connectivity index (χ1) is 8.08. The highest BCUT2D eigenvalue weighted by Gasteiger charge is 2.14. The lowest BCUT2D eigenvalue weighted by molar-refractivity contribution is 0.0937. The van der Waals surface area contributed by atoms with E-state index >= 15 is 0 Å². The van der Waals surface area contributed by atoms with Crippen molar-refractivity contribution < 1.29 is 9.18 Å². The maximum absolute atomic E-state index is 12.8. The Hall–Kier alpha value is -1.53. The van der Waals surface area contributed by atoms with Crippen molar-refractivity contribution in [2.24, 2.45) is 0 Å². The van der Waals surface area contributed by atoms with E-state index in [0.717, 1.165) is 12.5 Å². The average Bonchev–Trinajstić information content (AvgIpc) is 2.28. The van der Waals surface area contributed by atoms with Crippen LogP contribution in [0.15, 0.2) is 18.2 Å². The first-order valence-electron chi connectivity index (χ1n) is 5.27. The molecular formula is C13H13ClFNO. The van der Waals surface area contributed by atoms with Gasteiger partial charge in [-0.15, -0.1) is 12.3 Å². The molecule has 1 amide bonds. The summed E-state index contributed by atoms with van der Waals surface area (Å²) in [4.78, 5) is 11.8. The Morgan fingerprint density at radius 1 is 1.65 bits per heavy atom. The summed E-state index contributed by atoms with van der Waals surface area (Å²) in [7, 11) is 0. The summed E-state index contributed by atoms with van der Waals surface area (Å²) >= 11 is 5.79. The van der Waals surface area contributed by atoms with Gasteiger partial charge >= 0.3 is 0 Å². The van der Waals surface area contributed by atoms with Crippen molar-refractivity contribution in [1.29, 1.82) is 0 Å². The van der Waals surface area contributed by atoms with Crippen LogP contribution in [0.25, 0.3) is 0 Å². The molecule has 0 heterocycles. The molecule has 1 aromatic rings. The van der Waals surface area contributed by atoms with Gasteiger partial charge in [-0.05, 0) is 24.6 Å². The van der Waals surface area contributed by atoms with Gasteiger partial charge in [-0.3, -0.25) is 4.79 Å². The topological polar surface area (TPSA) is 29.1 Å². The van der Waals surface area contributed by atoms with Gasteiger partial charge < -0.3 is 5.32 Å². The number of nitrogens with one attached hydrogen (secondary N) is 1. The Labute approximate surface area is 105 Å². The van der Waals surface area contributed by atoms with Gasteiger partial charge in [0.15, 0.2) is 0 Å². The molecule has 0 aliphatic heterocycles. The van der Waals surface area contributed by atoms with Crippen molar-refractivity contribution in [1.82, 2.24) is 5.32 Å².